The van der Waals surface area contributed by atoms with E-state index in [1.165, 1.54) is 0 Å². The number of Topliss-reactive ketones (excluding diaryl/α,β-unsaturated/α-hetero) is 1. The van der Waals surface area contributed by atoms with Crippen LogP contribution in [0.15, 0.2) is 12.1 Å². The lowest BCUT2D eigenvalue weighted by atomic mass is 10.0. The summed E-state index contributed by atoms with van der Waals surface area (Å²) < 4.78 is 5.05. The van der Waals surface area contributed by atoms with Gasteiger partial charge in [0, 0.05) is 12.0 Å². The molecule has 0 aliphatic carbocycles. The van der Waals surface area contributed by atoms with Crippen molar-refractivity contribution in [3.8, 4) is 5.75 Å². The molecule has 0 atom stereocenters. The third-order valence-electron chi connectivity index (χ3n) is 2.17. The number of methoxy groups -OCH3 is 1. The SMILES string of the molecule is COc1cc(C)c(C(=O)CCN)cc1Cl. The highest BCUT2D eigenvalue weighted by atomic mass is 35.5. The Morgan fingerprint density at radius 3 is 2.73 bits per heavy atom. The van der Waals surface area contributed by atoms with E-state index in [1.807, 2.05) is 6.92 Å². The van der Waals surface area contributed by atoms with E-state index in [4.69, 9.17) is 22.1 Å². The van der Waals surface area contributed by atoms with E-state index in [0.29, 0.717) is 29.3 Å². The summed E-state index contributed by atoms with van der Waals surface area (Å²) in [7, 11) is 1.54. The summed E-state index contributed by atoms with van der Waals surface area (Å²) in [4.78, 5) is 11.6. The Hall–Kier alpha value is -1.06. The van der Waals surface area contributed by atoms with Gasteiger partial charge in [-0.2, -0.15) is 0 Å². The minimum Gasteiger partial charge on any atom is -0.495 e. The van der Waals surface area contributed by atoms with Crippen LogP contribution in [0.4, 0.5) is 0 Å². The zero-order valence-electron chi connectivity index (χ0n) is 8.84. The van der Waals surface area contributed by atoms with E-state index in [2.05, 4.69) is 0 Å². The van der Waals surface area contributed by atoms with Gasteiger partial charge in [0.15, 0.2) is 5.78 Å². The molecule has 0 heterocycles. The lowest BCUT2D eigenvalue weighted by molar-refractivity contribution is 0.0985. The van der Waals surface area contributed by atoms with E-state index < -0.39 is 0 Å². The molecule has 0 saturated heterocycles. The number of halogens is 1. The first-order valence-electron chi connectivity index (χ1n) is 4.67. The number of ketones is 1. The first-order valence-corrected chi connectivity index (χ1v) is 5.05. The van der Waals surface area contributed by atoms with Crippen molar-refractivity contribution in [2.24, 2.45) is 5.73 Å². The smallest absolute Gasteiger partial charge is 0.164 e. The van der Waals surface area contributed by atoms with Crippen molar-refractivity contribution in [1.29, 1.82) is 0 Å². The van der Waals surface area contributed by atoms with Crippen molar-refractivity contribution in [1.82, 2.24) is 0 Å². The monoisotopic (exact) mass is 227 g/mol. The molecule has 2 N–H and O–H groups in total. The molecule has 0 saturated carbocycles. The maximum atomic E-state index is 11.6. The van der Waals surface area contributed by atoms with Gasteiger partial charge in [-0.25, -0.2) is 0 Å². The second-order valence-corrected chi connectivity index (χ2v) is 3.67. The van der Waals surface area contributed by atoms with Gasteiger partial charge in [0.2, 0.25) is 0 Å². The average Bonchev–Trinajstić information content (AvgIpc) is 2.21. The van der Waals surface area contributed by atoms with Crippen LogP contribution in [0.25, 0.3) is 0 Å². The Kier molecular flexibility index (Phi) is 4.12. The number of benzene rings is 1. The molecule has 82 valence electrons. The summed E-state index contributed by atoms with van der Waals surface area (Å²) in [5.74, 6) is 0.595. The number of hydrogen-bond donors (Lipinski definition) is 1. The number of ether oxygens (including phenoxy) is 1. The minimum absolute atomic E-state index is 0.0135. The van der Waals surface area contributed by atoms with Crippen LogP contribution in [0.2, 0.25) is 5.02 Å². The van der Waals surface area contributed by atoms with Crippen LogP contribution in [-0.2, 0) is 0 Å². The normalized spacial score (nSPS) is 10.1. The highest BCUT2D eigenvalue weighted by molar-refractivity contribution is 6.32. The van der Waals surface area contributed by atoms with Crippen molar-refractivity contribution in [2.45, 2.75) is 13.3 Å². The molecule has 0 aliphatic heterocycles. The third-order valence-corrected chi connectivity index (χ3v) is 2.47. The minimum atomic E-state index is 0.0135. The molecule has 1 aromatic rings. The highest BCUT2D eigenvalue weighted by Gasteiger charge is 2.12. The first kappa shape index (κ1) is 12.0. The number of carbonyl (C=O) groups is 1. The fourth-order valence-electron chi connectivity index (χ4n) is 1.38. The number of nitrogens with two attached hydrogens (primary N) is 1. The van der Waals surface area contributed by atoms with Crippen LogP contribution in [0, 0.1) is 6.92 Å². The molecule has 0 radical (unpaired) electrons. The molecule has 4 heteroatoms. The fourth-order valence-corrected chi connectivity index (χ4v) is 1.62. The summed E-state index contributed by atoms with van der Waals surface area (Å²) in [6.45, 7) is 2.20. The molecule has 0 amide bonds. The largest absolute Gasteiger partial charge is 0.495 e. The van der Waals surface area contributed by atoms with Crippen LogP contribution in [0.1, 0.15) is 22.3 Å². The molecule has 0 bridgehead atoms. The van der Waals surface area contributed by atoms with E-state index >= 15 is 0 Å². The zero-order chi connectivity index (χ0) is 11.4. The number of carbonyl (C=O) groups excluding carboxylic acids is 1. The Morgan fingerprint density at radius 2 is 2.20 bits per heavy atom. The quantitative estimate of drug-likeness (QED) is 0.803. The molecule has 0 aromatic heterocycles. The van der Waals surface area contributed by atoms with Gasteiger partial charge in [-0.3, -0.25) is 4.79 Å². The Morgan fingerprint density at radius 1 is 1.53 bits per heavy atom. The van der Waals surface area contributed by atoms with Gasteiger partial charge in [-0.05, 0) is 31.2 Å². The second-order valence-electron chi connectivity index (χ2n) is 3.26. The summed E-state index contributed by atoms with van der Waals surface area (Å²) >= 11 is 5.94. The Labute approximate surface area is 94.2 Å². The molecule has 15 heavy (non-hydrogen) atoms. The molecule has 3 nitrogen and oxygen atoms in total. The Bertz CT molecular complexity index is 377. The summed E-state index contributed by atoms with van der Waals surface area (Å²) in [5.41, 5.74) is 6.81. The van der Waals surface area contributed by atoms with Gasteiger partial charge in [0.1, 0.15) is 5.75 Å². The van der Waals surface area contributed by atoms with E-state index in [1.54, 1.807) is 19.2 Å². The van der Waals surface area contributed by atoms with Crippen molar-refractivity contribution >= 4 is 17.4 Å². The predicted molar refractivity (Wildman–Crippen MR) is 60.7 cm³/mol. The van der Waals surface area contributed by atoms with Crippen LogP contribution >= 0.6 is 11.6 Å². The second kappa shape index (κ2) is 5.14. The van der Waals surface area contributed by atoms with Crippen molar-refractivity contribution in [2.75, 3.05) is 13.7 Å². The summed E-state index contributed by atoms with van der Waals surface area (Å²) in [6, 6.07) is 3.39. The molecule has 0 fully saturated rings. The zero-order valence-corrected chi connectivity index (χ0v) is 9.60. The van der Waals surface area contributed by atoms with Gasteiger partial charge in [0.25, 0.3) is 0 Å². The maximum Gasteiger partial charge on any atom is 0.164 e. The molecule has 0 spiro atoms. The van der Waals surface area contributed by atoms with Gasteiger partial charge >= 0.3 is 0 Å². The lowest BCUT2D eigenvalue weighted by Crippen LogP contribution is -2.09. The molecule has 0 unspecified atom stereocenters. The van der Waals surface area contributed by atoms with Crippen molar-refractivity contribution in [3.63, 3.8) is 0 Å². The molecule has 1 rings (SSSR count). The lowest BCUT2D eigenvalue weighted by Gasteiger charge is -2.08. The van der Waals surface area contributed by atoms with Crippen molar-refractivity contribution < 1.29 is 9.53 Å². The number of rotatable bonds is 4. The van der Waals surface area contributed by atoms with Gasteiger partial charge in [-0.15, -0.1) is 0 Å². The molecular weight excluding hydrogens is 214 g/mol. The number of hydrogen-bond acceptors (Lipinski definition) is 3. The molecular formula is C11H14ClNO2. The topological polar surface area (TPSA) is 52.3 Å². The maximum absolute atomic E-state index is 11.6. The average molecular weight is 228 g/mol. The van der Waals surface area contributed by atoms with Crippen LogP contribution in [0.3, 0.4) is 0 Å². The van der Waals surface area contributed by atoms with Gasteiger partial charge in [-0.1, -0.05) is 11.6 Å². The van der Waals surface area contributed by atoms with Crippen LogP contribution in [-0.4, -0.2) is 19.4 Å². The third kappa shape index (κ3) is 2.70. The van der Waals surface area contributed by atoms with E-state index in [9.17, 15) is 4.79 Å². The van der Waals surface area contributed by atoms with E-state index in [0.717, 1.165) is 5.56 Å². The standard InChI is InChI=1S/C11H14ClNO2/c1-7-5-11(15-2)9(12)6-8(7)10(14)3-4-13/h5-6H,3-4,13H2,1-2H3. The van der Waals surface area contributed by atoms with Gasteiger partial charge in [0.05, 0.1) is 12.1 Å². The first-order chi connectivity index (χ1) is 7.10. The van der Waals surface area contributed by atoms with E-state index in [-0.39, 0.29) is 5.78 Å². The Balaban J connectivity index is 3.10. The molecule has 1 aromatic carbocycles. The fraction of sp³-hybridized carbons (Fsp3) is 0.364. The summed E-state index contributed by atoms with van der Waals surface area (Å²) in [6.07, 6.45) is 0.337. The number of aryl methyl sites for hydroxylation is 1. The van der Waals surface area contributed by atoms with Gasteiger partial charge < -0.3 is 10.5 Å². The highest BCUT2D eigenvalue weighted by Crippen LogP contribution is 2.28. The predicted octanol–water partition coefficient (Wildman–Crippen LogP) is 2.19. The van der Waals surface area contributed by atoms with Crippen molar-refractivity contribution in [3.05, 3.63) is 28.3 Å². The summed E-state index contributed by atoms with van der Waals surface area (Å²) in [5, 5.41) is 0.448. The molecule has 0 aliphatic rings. The van der Waals surface area contributed by atoms with Crippen LogP contribution < -0.4 is 10.5 Å². The van der Waals surface area contributed by atoms with Crippen LogP contribution in [0.5, 0.6) is 5.75 Å².